The molecule has 0 radical (unpaired) electrons. The molecule has 1 fully saturated rings. The number of aromatic nitrogens is 2. The lowest BCUT2D eigenvalue weighted by Crippen LogP contribution is -2.57. The van der Waals surface area contributed by atoms with Crippen molar-refractivity contribution in [3.8, 4) is 0 Å². The third-order valence-corrected chi connectivity index (χ3v) is 6.46. The maximum absolute atomic E-state index is 13.4. The number of imidazole rings is 1. The fourth-order valence-corrected chi connectivity index (χ4v) is 4.37. The van der Waals surface area contributed by atoms with Gasteiger partial charge in [0.15, 0.2) is 5.96 Å². The fourth-order valence-electron chi connectivity index (χ4n) is 4.37. The van der Waals surface area contributed by atoms with E-state index in [9.17, 15) is 24.3 Å². The predicted octanol–water partition coefficient (Wildman–Crippen LogP) is -1.46. The Kier molecular flexibility index (Phi) is 11.4. The lowest BCUT2D eigenvalue weighted by molar-refractivity contribution is -0.142. The molecular formula is C26H37N9O5. The van der Waals surface area contributed by atoms with Gasteiger partial charge in [-0.3, -0.25) is 19.4 Å². The zero-order valence-electron chi connectivity index (χ0n) is 22.1. The van der Waals surface area contributed by atoms with Gasteiger partial charge < -0.3 is 42.8 Å². The van der Waals surface area contributed by atoms with E-state index >= 15 is 0 Å². The summed E-state index contributed by atoms with van der Waals surface area (Å²) < 4.78 is 0. The van der Waals surface area contributed by atoms with Crippen LogP contribution in [0.2, 0.25) is 0 Å². The molecule has 10 N–H and O–H groups in total. The first-order valence-electron chi connectivity index (χ1n) is 13.2. The molecule has 14 nitrogen and oxygen atoms in total. The Hall–Kier alpha value is -4.46. The van der Waals surface area contributed by atoms with E-state index in [1.54, 1.807) is 24.3 Å². The number of nitrogens with two attached hydrogens (primary N) is 2. The first-order valence-corrected chi connectivity index (χ1v) is 13.2. The zero-order chi connectivity index (χ0) is 28.9. The van der Waals surface area contributed by atoms with Crippen molar-refractivity contribution in [1.29, 1.82) is 0 Å². The van der Waals surface area contributed by atoms with Gasteiger partial charge in [0.05, 0.1) is 12.4 Å². The molecule has 0 bridgehead atoms. The van der Waals surface area contributed by atoms with Gasteiger partial charge in [-0.2, -0.15) is 0 Å². The second kappa shape index (κ2) is 15.2. The SMILES string of the molecule is NC(N)=NCCCC(NC(=O)C1CCCN1)C(=O)NC(Cc1cnc[nH]1)C(=O)NC(Cc1ccccc1)C(=O)O. The Labute approximate surface area is 231 Å². The molecule has 2 heterocycles. The van der Waals surface area contributed by atoms with Crippen molar-refractivity contribution in [1.82, 2.24) is 31.2 Å². The number of nitrogens with zero attached hydrogens (tertiary/aromatic N) is 2. The number of rotatable bonds is 15. The highest BCUT2D eigenvalue weighted by Crippen LogP contribution is 2.09. The van der Waals surface area contributed by atoms with Crippen LogP contribution < -0.4 is 32.7 Å². The number of carbonyl (C=O) groups is 4. The normalized spacial score (nSPS) is 16.8. The van der Waals surface area contributed by atoms with Crippen LogP contribution in [0.1, 0.15) is 36.9 Å². The van der Waals surface area contributed by atoms with Crippen LogP contribution in [0.4, 0.5) is 0 Å². The van der Waals surface area contributed by atoms with Gasteiger partial charge in [0.25, 0.3) is 0 Å². The van der Waals surface area contributed by atoms with Crippen molar-refractivity contribution in [2.45, 2.75) is 62.7 Å². The van der Waals surface area contributed by atoms with E-state index in [-0.39, 0.29) is 37.7 Å². The van der Waals surface area contributed by atoms with E-state index in [1.807, 2.05) is 6.07 Å². The van der Waals surface area contributed by atoms with E-state index in [2.05, 4.69) is 36.2 Å². The van der Waals surface area contributed by atoms with Gasteiger partial charge in [-0.05, 0) is 37.8 Å². The van der Waals surface area contributed by atoms with Crippen molar-refractivity contribution in [3.05, 3.63) is 54.1 Å². The molecule has 0 saturated carbocycles. The number of carbonyl (C=O) groups excluding carboxylic acids is 3. The van der Waals surface area contributed by atoms with Gasteiger partial charge in [0.2, 0.25) is 17.7 Å². The lowest BCUT2D eigenvalue weighted by atomic mass is 10.0. The Morgan fingerprint density at radius 3 is 2.38 bits per heavy atom. The number of carboxylic acid groups (broad SMARTS) is 1. The summed E-state index contributed by atoms with van der Waals surface area (Å²) in [6.45, 7) is 0.959. The predicted molar refractivity (Wildman–Crippen MR) is 147 cm³/mol. The zero-order valence-corrected chi connectivity index (χ0v) is 22.1. The number of hydrogen-bond donors (Lipinski definition) is 8. The summed E-state index contributed by atoms with van der Waals surface area (Å²) in [5.41, 5.74) is 12.0. The number of amides is 3. The average molecular weight is 556 g/mol. The Morgan fingerprint density at radius 1 is 1.02 bits per heavy atom. The van der Waals surface area contributed by atoms with Gasteiger partial charge in [-0.15, -0.1) is 0 Å². The number of aromatic amines is 1. The molecule has 4 unspecified atom stereocenters. The quantitative estimate of drug-likeness (QED) is 0.0728. The third kappa shape index (κ3) is 9.69. The van der Waals surface area contributed by atoms with Gasteiger partial charge >= 0.3 is 5.97 Å². The Balaban J connectivity index is 1.74. The van der Waals surface area contributed by atoms with Crippen molar-refractivity contribution in [3.63, 3.8) is 0 Å². The molecule has 0 aliphatic carbocycles. The largest absolute Gasteiger partial charge is 0.480 e. The number of carboxylic acids is 1. The highest BCUT2D eigenvalue weighted by molar-refractivity contribution is 5.94. The molecule has 216 valence electrons. The standard InChI is InChI=1S/C26H37N9O5/c27-26(28)31-11-5-9-19(33-22(36)18-8-4-10-30-18)23(37)34-20(13-17-14-29-15-32-17)24(38)35-21(25(39)40)12-16-6-2-1-3-7-16/h1-3,6-7,14-15,18-21,30H,4-5,8-13H2,(H,29,32)(H,33,36)(H,34,37)(H,35,38)(H,39,40)(H4,27,28,31). The van der Waals surface area contributed by atoms with Crippen LogP contribution in [0.25, 0.3) is 0 Å². The van der Waals surface area contributed by atoms with Crippen LogP contribution in [0, 0.1) is 0 Å². The van der Waals surface area contributed by atoms with E-state index < -0.39 is 42.0 Å². The summed E-state index contributed by atoms with van der Waals surface area (Å²) in [5, 5.41) is 20.9. The number of nitrogens with one attached hydrogen (secondary N) is 5. The van der Waals surface area contributed by atoms with Crippen molar-refractivity contribution < 1.29 is 24.3 Å². The summed E-state index contributed by atoms with van der Waals surface area (Å²) in [6, 6.07) is 5.14. The summed E-state index contributed by atoms with van der Waals surface area (Å²) >= 11 is 0. The summed E-state index contributed by atoms with van der Waals surface area (Å²) in [6.07, 6.45) is 5.12. The number of hydrogen-bond acceptors (Lipinski definition) is 7. The third-order valence-electron chi connectivity index (χ3n) is 6.46. The van der Waals surface area contributed by atoms with Crippen LogP contribution in [0.3, 0.4) is 0 Å². The topological polar surface area (TPSA) is 230 Å². The van der Waals surface area contributed by atoms with Crippen molar-refractivity contribution in [2.24, 2.45) is 16.5 Å². The number of aliphatic imine (C=N–C) groups is 1. The molecule has 3 amide bonds. The minimum atomic E-state index is -1.22. The molecule has 1 aliphatic heterocycles. The Bertz CT molecular complexity index is 1150. The van der Waals surface area contributed by atoms with Crippen LogP contribution >= 0.6 is 0 Å². The van der Waals surface area contributed by atoms with E-state index in [4.69, 9.17) is 11.5 Å². The molecular weight excluding hydrogens is 518 g/mol. The maximum Gasteiger partial charge on any atom is 0.326 e. The highest BCUT2D eigenvalue weighted by atomic mass is 16.4. The van der Waals surface area contributed by atoms with Gasteiger partial charge in [0.1, 0.15) is 18.1 Å². The highest BCUT2D eigenvalue weighted by Gasteiger charge is 2.31. The van der Waals surface area contributed by atoms with Crippen LogP contribution in [0.15, 0.2) is 47.8 Å². The van der Waals surface area contributed by atoms with E-state index in [1.165, 1.54) is 12.5 Å². The van der Waals surface area contributed by atoms with Crippen molar-refractivity contribution in [2.75, 3.05) is 13.1 Å². The number of H-pyrrole nitrogens is 1. The van der Waals surface area contributed by atoms with Gasteiger partial charge in [0, 0.05) is 31.3 Å². The average Bonchev–Trinajstić information content (AvgIpc) is 3.65. The molecule has 1 aliphatic rings. The fraction of sp³-hybridized carbons (Fsp3) is 0.462. The van der Waals surface area contributed by atoms with Crippen LogP contribution in [0.5, 0.6) is 0 Å². The second-order valence-corrected chi connectivity index (χ2v) is 9.59. The van der Waals surface area contributed by atoms with Gasteiger partial charge in [-0.25, -0.2) is 9.78 Å². The number of guanidine groups is 1. The molecule has 1 saturated heterocycles. The first kappa shape index (κ1) is 30.1. The molecule has 1 aromatic carbocycles. The van der Waals surface area contributed by atoms with E-state index in [0.29, 0.717) is 25.1 Å². The molecule has 3 rings (SSSR count). The second-order valence-electron chi connectivity index (χ2n) is 9.59. The summed E-state index contributed by atoms with van der Waals surface area (Å²) in [4.78, 5) is 62.3. The number of benzene rings is 1. The summed E-state index contributed by atoms with van der Waals surface area (Å²) in [7, 11) is 0. The molecule has 2 aromatic rings. The minimum absolute atomic E-state index is 0.0219. The molecule has 1 aromatic heterocycles. The maximum atomic E-state index is 13.4. The smallest absolute Gasteiger partial charge is 0.326 e. The lowest BCUT2D eigenvalue weighted by Gasteiger charge is -2.25. The van der Waals surface area contributed by atoms with Crippen LogP contribution in [-0.4, -0.2) is 82.0 Å². The molecule has 14 heteroatoms. The monoisotopic (exact) mass is 555 g/mol. The summed E-state index contributed by atoms with van der Waals surface area (Å²) in [5.74, 6) is -2.89. The van der Waals surface area contributed by atoms with Crippen LogP contribution in [-0.2, 0) is 32.0 Å². The molecule has 4 atom stereocenters. The molecule has 0 spiro atoms. The van der Waals surface area contributed by atoms with Gasteiger partial charge in [-0.1, -0.05) is 30.3 Å². The van der Waals surface area contributed by atoms with Crippen molar-refractivity contribution >= 4 is 29.7 Å². The first-order chi connectivity index (χ1) is 19.2. The van der Waals surface area contributed by atoms with E-state index in [0.717, 1.165) is 12.0 Å². The molecule has 40 heavy (non-hydrogen) atoms. The minimum Gasteiger partial charge on any atom is -0.480 e. The number of aliphatic carboxylic acids is 1. The Morgan fingerprint density at radius 2 is 1.75 bits per heavy atom.